The molecule has 12 atom stereocenters. The Labute approximate surface area is 557 Å². The molecule has 528 valence electrons. The first-order valence-electron chi connectivity index (χ1n) is 32.8. The van der Waals surface area contributed by atoms with Crippen LogP contribution in [0.3, 0.4) is 0 Å². The van der Waals surface area contributed by atoms with Gasteiger partial charge in [-0.25, -0.2) is 14.4 Å². The third kappa shape index (κ3) is 23.3. The van der Waals surface area contributed by atoms with Crippen LogP contribution in [-0.4, -0.2) is 192 Å². The number of nitrogens with two attached hydrogens (primary N) is 1. The normalized spacial score (nSPS) is 17.4. The van der Waals surface area contributed by atoms with Crippen LogP contribution >= 0.6 is 0 Å². The summed E-state index contributed by atoms with van der Waals surface area (Å²) >= 11 is 0. The smallest absolute Gasteiger partial charge is 0.410 e. The molecule has 0 aromatic heterocycles. The maximum absolute atomic E-state index is 14.8. The highest BCUT2D eigenvalue weighted by Gasteiger charge is 2.44. The summed E-state index contributed by atoms with van der Waals surface area (Å²) < 4.78 is 17.7. The van der Waals surface area contributed by atoms with Gasteiger partial charge in [-0.1, -0.05) is 111 Å². The summed E-state index contributed by atoms with van der Waals surface area (Å²) in [6.45, 7) is 18.1. The van der Waals surface area contributed by atoms with Crippen molar-refractivity contribution >= 4 is 76.9 Å². The van der Waals surface area contributed by atoms with Crippen LogP contribution in [0.15, 0.2) is 54.6 Å². The first-order valence-corrected chi connectivity index (χ1v) is 32.8. The van der Waals surface area contributed by atoms with E-state index in [0.717, 1.165) is 4.90 Å². The molecule has 0 saturated carbocycles. The number of ether oxygens (including phenoxy) is 3. The zero-order valence-electron chi connectivity index (χ0n) is 57.6. The SMILES string of the molecule is CCC(C)C(C(CC(=O)N1CCCC1C(OC)C(C)C(=O)NC(C)C(O)c1ccccc1)OC)N(C)C(=O)C(NC(=O)C(C(C)C)N(C)C(=O)OCc1ccc(NC(=O)C(CCCNC(N)=O)NC(=O)C(NC(=O)CCCC(=O)ON2C(=O)CCC2=O)C(C)C)cc1)C(C)C. The number of imide groups is 1. The summed E-state index contributed by atoms with van der Waals surface area (Å²) in [7, 11) is 6.04. The highest BCUT2D eigenvalue weighted by molar-refractivity contribution is 6.02. The Morgan fingerprint density at radius 3 is 1.92 bits per heavy atom. The van der Waals surface area contributed by atoms with Crippen molar-refractivity contribution in [3.63, 3.8) is 0 Å². The van der Waals surface area contributed by atoms with Gasteiger partial charge in [0.2, 0.25) is 41.4 Å². The van der Waals surface area contributed by atoms with E-state index >= 15 is 0 Å². The molecule has 0 aliphatic carbocycles. The third-order valence-electron chi connectivity index (χ3n) is 17.5. The maximum atomic E-state index is 14.8. The summed E-state index contributed by atoms with van der Waals surface area (Å²) in [5, 5.41) is 27.8. The molecule has 4 rings (SSSR count). The van der Waals surface area contributed by atoms with Crippen molar-refractivity contribution in [2.24, 2.45) is 35.3 Å². The van der Waals surface area contributed by atoms with E-state index in [4.69, 9.17) is 24.8 Å². The van der Waals surface area contributed by atoms with Crippen molar-refractivity contribution in [3.8, 4) is 0 Å². The number of hydrogen-bond acceptors (Lipinski definition) is 17. The fourth-order valence-corrected chi connectivity index (χ4v) is 11.9. The Kier molecular flexibility index (Phi) is 32.0. The topological polar surface area (TPSA) is 373 Å². The van der Waals surface area contributed by atoms with Gasteiger partial charge in [-0.05, 0) is 86.0 Å². The number of hydroxylamine groups is 2. The monoisotopic (exact) mass is 1330 g/mol. The molecule has 2 aliphatic heterocycles. The maximum Gasteiger partial charge on any atom is 0.410 e. The van der Waals surface area contributed by atoms with Crippen molar-refractivity contribution in [2.45, 2.75) is 207 Å². The van der Waals surface area contributed by atoms with Crippen LogP contribution in [0.25, 0.3) is 0 Å². The standard InChI is InChI=1S/C67H103N11O17/c1-15-41(8)58(49(92-13)36-53(82)77-35-21-25-48(77)60(93-14)42(9)61(85)70-43(10)59(84)45-22-17-16-18-23-45)75(11)65(89)56(39(4)5)74-64(88)57(40(6)7)76(12)67(91)94-37-44-28-30-46(31-29-44)71-62(86)47(24-20-34-69-66(68)90)72-63(87)55(38(2)3)73-50(79)26-19-27-54(83)95-78-51(80)32-33-52(78)81/h16-18,22-23,28-31,38-43,47-49,55-60,84H,15,19-21,24-27,32-37H2,1-14H3,(H,70,85)(H,71,86)(H,72,87)(H,73,79)(H,74,88)(H3,68,69,90). The third-order valence-corrected chi connectivity index (χ3v) is 17.5. The highest BCUT2D eigenvalue weighted by atomic mass is 16.7. The second-order valence-corrected chi connectivity index (χ2v) is 25.7. The number of nitrogens with one attached hydrogen (secondary N) is 6. The molecular formula is C67H103N11O17. The Hall–Kier alpha value is -8.24. The van der Waals surface area contributed by atoms with Crippen molar-refractivity contribution in [1.82, 2.24) is 46.3 Å². The average molecular weight is 1330 g/mol. The fraction of sp³-hybridized carbons (Fsp3) is 0.642. The zero-order chi connectivity index (χ0) is 71.0. The van der Waals surface area contributed by atoms with E-state index in [1.54, 1.807) is 104 Å². The van der Waals surface area contributed by atoms with Crippen LogP contribution in [0, 0.1) is 29.6 Å². The number of nitrogens with zero attached hydrogens (tertiary/aromatic N) is 4. The van der Waals surface area contributed by atoms with E-state index in [9.17, 15) is 62.6 Å². The molecule has 2 aromatic rings. The quantitative estimate of drug-likeness (QED) is 0.0344. The van der Waals surface area contributed by atoms with E-state index in [-0.39, 0.29) is 82.3 Å². The lowest BCUT2D eigenvalue weighted by Gasteiger charge is -2.41. The molecule has 2 aromatic carbocycles. The first kappa shape index (κ1) is 79.2. The van der Waals surface area contributed by atoms with Crippen molar-refractivity contribution in [1.29, 1.82) is 0 Å². The van der Waals surface area contributed by atoms with E-state index in [1.165, 1.54) is 26.2 Å². The lowest BCUT2D eigenvalue weighted by Crippen LogP contribution is -2.60. The number of benzene rings is 2. The number of carbonyl (C=O) groups excluding carboxylic acids is 12. The van der Waals surface area contributed by atoms with Gasteiger partial charge >= 0.3 is 18.1 Å². The van der Waals surface area contributed by atoms with E-state index < -0.39 is 144 Å². The Morgan fingerprint density at radius 2 is 1.35 bits per heavy atom. The summed E-state index contributed by atoms with van der Waals surface area (Å²) in [6.07, 6.45) is -1.90. The fourth-order valence-electron chi connectivity index (χ4n) is 11.9. The molecule has 2 fully saturated rings. The minimum absolute atomic E-state index is 0.0225. The van der Waals surface area contributed by atoms with Gasteiger partial charge in [-0.3, -0.25) is 48.1 Å². The van der Waals surface area contributed by atoms with E-state index in [2.05, 4.69) is 31.9 Å². The molecule has 2 aliphatic rings. The summed E-state index contributed by atoms with van der Waals surface area (Å²) in [5.41, 5.74) is 6.69. The number of amides is 12. The molecule has 28 nitrogen and oxygen atoms in total. The number of aliphatic hydroxyl groups is 1. The molecular weight excluding hydrogens is 1230 g/mol. The summed E-state index contributed by atoms with van der Waals surface area (Å²) in [6, 6.07) is 8.36. The highest BCUT2D eigenvalue weighted by Crippen LogP contribution is 2.31. The van der Waals surface area contributed by atoms with Gasteiger partial charge < -0.3 is 71.6 Å². The van der Waals surface area contributed by atoms with E-state index in [1.807, 2.05) is 32.0 Å². The predicted octanol–water partition coefficient (Wildman–Crippen LogP) is 4.37. The second kappa shape index (κ2) is 38.3. The Bertz CT molecular complexity index is 2920. The second-order valence-electron chi connectivity index (χ2n) is 25.7. The molecule has 12 unspecified atom stereocenters. The van der Waals surface area contributed by atoms with Gasteiger partial charge in [-0.2, -0.15) is 0 Å². The van der Waals surface area contributed by atoms with Crippen LogP contribution in [0.5, 0.6) is 0 Å². The number of urea groups is 1. The molecule has 2 heterocycles. The minimum atomic E-state index is -1.17. The molecule has 0 bridgehead atoms. The minimum Gasteiger partial charge on any atom is -0.445 e. The molecule has 9 N–H and O–H groups in total. The van der Waals surface area contributed by atoms with Gasteiger partial charge in [-0.15, -0.1) is 5.06 Å². The number of likely N-dealkylation sites (N-methyl/N-ethyl adjacent to an activating group) is 2. The van der Waals surface area contributed by atoms with Gasteiger partial charge in [0, 0.05) is 72.8 Å². The van der Waals surface area contributed by atoms with Gasteiger partial charge in [0.15, 0.2) is 0 Å². The van der Waals surface area contributed by atoms with Crippen LogP contribution < -0.4 is 37.6 Å². The summed E-state index contributed by atoms with van der Waals surface area (Å²) in [4.78, 5) is 168. The predicted molar refractivity (Wildman–Crippen MR) is 350 cm³/mol. The van der Waals surface area contributed by atoms with Crippen LogP contribution in [0.1, 0.15) is 157 Å². The number of carbonyl (C=O) groups is 12. The average Bonchev–Trinajstić information content (AvgIpc) is 1.80. The largest absolute Gasteiger partial charge is 0.445 e. The molecule has 12 amide bonds. The van der Waals surface area contributed by atoms with Crippen LogP contribution in [-0.2, 0) is 73.6 Å². The Morgan fingerprint density at radius 1 is 0.716 bits per heavy atom. The molecule has 0 spiro atoms. The lowest BCUT2D eigenvalue weighted by atomic mass is 9.89. The van der Waals surface area contributed by atoms with Crippen molar-refractivity contribution in [2.75, 3.05) is 46.7 Å². The number of likely N-dealkylation sites (tertiary alicyclic amines) is 1. The number of rotatable bonds is 37. The van der Waals surface area contributed by atoms with Crippen molar-refractivity contribution < 1.29 is 81.7 Å². The molecule has 28 heteroatoms. The molecule has 95 heavy (non-hydrogen) atoms. The number of anilines is 1. The first-order chi connectivity index (χ1) is 44.9. The van der Waals surface area contributed by atoms with Crippen molar-refractivity contribution in [3.05, 3.63) is 65.7 Å². The number of methoxy groups -OCH3 is 2. The zero-order valence-corrected chi connectivity index (χ0v) is 57.6. The number of aliphatic hydroxyl groups excluding tert-OH is 1. The van der Waals surface area contributed by atoms with Gasteiger partial charge in [0.05, 0.1) is 48.8 Å². The number of hydrogen-bond donors (Lipinski definition) is 8. The Balaban J connectivity index is 1.38. The number of primary amides is 1. The molecule has 2 saturated heterocycles. The molecule has 0 radical (unpaired) electrons. The lowest BCUT2D eigenvalue weighted by molar-refractivity contribution is -0.197. The van der Waals surface area contributed by atoms with Crippen LogP contribution in [0.4, 0.5) is 15.3 Å². The van der Waals surface area contributed by atoms with Gasteiger partial charge in [0.1, 0.15) is 30.8 Å². The summed E-state index contributed by atoms with van der Waals surface area (Å²) in [5.74, 6) is -7.93. The van der Waals surface area contributed by atoms with Crippen LogP contribution in [0.2, 0.25) is 0 Å². The van der Waals surface area contributed by atoms with E-state index in [0.29, 0.717) is 47.7 Å². The van der Waals surface area contributed by atoms with Gasteiger partial charge in [0.25, 0.3) is 11.8 Å².